The lowest BCUT2D eigenvalue weighted by Crippen LogP contribution is -2.07. The number of hydrogen-bond acceptors (Lipinski definition) is 6. The molecule has 6 nitrogen and oxygen atoms in total. The monoisotopic (exact) mass is 734 g/mol. The standard InChI is InChI=1S/C50H38O6/c1-51-25-27-53-45-23-19-31-29-33(37-11-7-13-41-39-9-3-5-15-43(39)55-49(37)41)17-21-35(31)47(45)48-36-22-18-34(30-32(36)20-24-46(48)54-28-26-52-2)38-12-8-14-42-40-10-4-6-16-44(40)56-50(38)42/h3-24,29-30H,25-28H2,1-2H3. The summed E-state index contributed by atoms with van der Waals surface area (Å²) in [5, 5.41) is 8.65. The van der Waals surface area contributed by atoms with Crippen LogP contribution in [-0.2, 0) is 9.47 Å². The fourth-order valence-electron chi connectivity index (χ4n) is 8.13. The van der Waals surface area contributed by atoms with Crippen LogP contribution in [0.4, 0.5) is 0 Å². The second kappa shape index (κ2) is 14.2. The van der Waals surface area contributed by atoms with Crippen LogP contribution in [0.1, 0.15) is 0 Å². The smallest absolute Gasteiger partial charge is 0.143 e. The fraction of sp³-hybridized carbons (Fsp3) is 0.120. The van der Waals surface area contributed by atoms with E-state index in [1.54, 1.807) is 14.2 Å². The molecule has 0 N–H and O–H groups in total. The van der Waals surface area contributed by atoms with E-state index in [9.17, 15) is 0 Å². The fourth-order valence-corrected chi connectivity index (χ4v) is 8.13. The molecular weight excluding hydrogens is 697 g/mol. The first-order valence-corrected chi connectivity index (χ1v) is 18.9. The van der Waals surface area contributed by atoms with E-state index in [-0.39, 0.29) is 0 Å². The van der Waals surface area contributed by atoms with Crippen molar-refractivity contribution in [2.45, 2.75) is 0 Å². The highest BCUT2D eigenvalue weighted by Crippen LogP contribution is 2.48. The van der Waals surface area contributed by atoms with Crippen LogP contribution >= 0.6 is 0 Å². The van der Waals surface area contributed by atoms with Gasteiger partial charge in [0.25, 0.3) is 0 Å². The van der Waals surface area contributed by atoms with Crippen LogP contribution in [-0.4, -0.2) is 40.6 Å². The summed E-state index contributed by atoms with van der Waals surface area (Å²) in [6.07, 6.45) is 0. The van der Waals surface area contributed by atoms with Crippen LogP contribution in [0.3, 0.4) is 0 Å². The van der Waals surface area contributed by atoms with E-state index in [1.807, 2.05) is 24.3 Å². The first-order chi connectivity index (χ1) is 27.7. The van der Waals surface area contributed by atoms with E-state index < -0.39 is 0 Å². The molecule has 0 atom stereocenters. The van der Waals surface area contributed by atoms with E-state index in [0.29, 0.717) is 26.4 Å². The average molecular weight is 735 g/mol. The van der Waals surface area contributed by atoms with Crippen molar-refractivity contribution in [1.29, 1.82) is 0 Å². The lowest BCUT2D eigenvalue weighted by molar-refractivity contribution is 0.146. The van der Waals surface area contributed by atoms with Crippen molar-refractivity contribution in [3.63, 3.8) is 0 Å². The molecule has 0 radical (unpaired) electrons. The maximum absolute atomic E-state index is 6.51. The van der Waals surface area contributed by atoms with Crippen molar-refractivity contribution in [2.75, 3.05) is 40.6 Å². The van der Waals surface area contributed by atoms with Gasteiger partial charge in [-0.3, -0.25) is 0 Å². The second-order valence-corrected chi connectivity index (χ2v) is 14.0. The highest BCUT2D eigenvalue weighted by molar-refractivity contribution is 6.14. The Balaban J connectivity index is 1.17. The van der Waals surface area contributed by atoms with Gasteiger partial charge in [-0.1, -0.05) is 109 Å². The summed E-state index contributed by atoms with van der Waals surface area (Å²) in [7, 11) is 3.37. The van der Waals surface area contributed by atoms with Crippen LogP contribution in [0.25, 0.3) is 98.8 Å². The number of rotatable bonds is 11. The van der Waals surface area contributed by atoms with Crippen LogP contribution in [0, 0.1) is 0 Å². The topological polar surface area (TPSA) is 63.2 Å². The molecule has 0 aliphatic carbocycles. The molecule has 6 heteroatoms. The number of benzene rings is 8. The zero-order valence-electron chi connectivity index (χ0n) is 31.1. The Labute approximate surface area is 323 Å². The summed E-state index contributed by atoms with van der Waals surface area (Å²) in [6.45, 7) is 1.72. The molecule has 0 saturated heterocycles. The predicted molar refractivity (Wildman–Crippen MR) is 227 cm³/mol. The van der Waals surface area contributed by atoms with Crippen molar-refractivity contribution in [3.8, 4) is 44.9 Å². The predicted octanol–water partition coefficient (Wildman–Crippen LogP) is 12.8. The van der Waals surface area contributed by atoms with E-state index in [0.717, 1.165) is 110 Å². The summed E-state index contributed by atoms with van der Waals surface area (Å²) >= 11 is 0. The molecule has 2 aromatic heterocycles. The summed E-state index contributed by atoms with van der Waals surface area (Å²) in [5.41, 5.74) is 9.66. The number of fused-ring (bicyclic) bond motifs is 8. The van der Waals surface area contributed by atoms with Gasteiger partial charge in [-0.15, -0.1) is 0 Å². The average Bonchev–Trinajstić information content (AvgIpc) is 3.82. The Hall–Kier alpha value is -6.60. The molecule has 0 fully saturated rings. The molecule has 56 heavy (non-hydrogen) atoms. The van der Waals surface area contributed by atoms with Gasteiger partial charge >= 0.3 is 0 Å². The minimum atomic E-state index is 0.400. The number of para-hydroxylation sites is 4. The minimum absolute atomic E-state index is 0.400. The zero-order chi connectivity index (χ0) is 37.6. The molecule has 10 rings (SSSR count). The summed E-state index contributed by atoms with van der Waals surface area (Å²) < 4.78 is 36.7. The molecule has 274 valence electrons. The third-order valence-corrected chi connectivity index (χ3v) is 10.7. The molecule has 0 saturated carbocycles. The Morgan fingerprint density at radius 3 is 1.30 bits per heavy atom. The first-order valence-electron chi connectivity index (χ1n) is 18.9. The van der Waals surface area contributed by atoms with Crippen molar-refractivity contribution in [2.24, 2.45) is 0 Å². The summed E-state index contributed by atoms with van der Waals surface area (Å²) in [6, 6.07) is 50.7. The third kappa shape index (κ3) is 5.73. The Morgan fingerprint density at radius 2 is 0.839 bits per heavy atom. The largest absolute Gasteiger partial charge is 0.491 e. The lowest BCUT2D eigenvalue weighted by Gasteiger charge is -2.20. The van der Waals surface area contributed by atoms with Crippen LogP contribution < -0.4 is 9.47 Å². The normalized spacial score (nSPS) is 11.8. The highest BCUT2D eigenvalue weighted by Gasteiger charge is 2.22. The quantitative estimate of drug-likeness (QED) is 0.123. The number of ether oxygens (including phenoxy) is 4. The van der Waals surface area contributed by atoms with Gasteiger partial charge in [0.2, 0.25) is 0 Å². The molecule has 2 heterocycles. The molecule has 0 amide bonds. The molecular formula is C50H38O6. The Kier molecular flexibility index (Phi) is 8.63. The van der Waals surface area contributed by atoms with Crippen LogP contribution in [0.2, 0.25) is 0 Å². The van der Waals surface area contributed by atoms with Gasteiger partial charge in [-0.2, -0.15) is 0 Å². The first kappa shape index (κ1) is 33.9. The van der Waals surface area contributed by atoms with Gasteiger partial charge in [0, 0.05) is 58.0 Å². The SMILES string of the molecule is COCCOc1ccc2cc(-c3cccc4c3oc3ccccc34)ccc2c1-c1c(OCCOC)ccc2cc(-c3cccc4c3oc3ccccc34)ccc12. The molecule has 0 aliphatic rings. The maximum atomic E-state index is 6.51. The van der Waals surface area contributed by atoms with Gasteiger partial charge < -0.3 is 27.8 Å². The van der Waals surface area contributed by atoms with E-state index in [4.69, 9.17) is 27.8 Å². The second-order valence-electron chi connectivity index (χ2n) is 14.0. The zero-order valence-corrected chi connectivity index (χ0v) is 31.1. The highest BCUT2D eigenvalue weighted by atomic mass is 16.5. The van der Waals surface area contributed by atoms with E-state index in [1.165, 1.54) is 0 Å². The van der Waals surface area contributed by atoms with Crippen molar-refractivity contribution >= 4 is 65.4 Å². The molecule has 0 unspecified atom stereocenters. The molecule has 0 spiro atoms. The van der Waals surface area contributed by atoms with Gasteiger partial charge in [-0.05, 0) is 69.1 Å². The van der Waals surface area contributed by atoms with E-state index >= 15 is 0 Å². The van der Waals surface area contributed by atoms with Gasteiger partial charge in [-0.25, -0.2) is 0 Å². The van der Waals surface area contributed by atoms with Crippen molar-refractivity contribution < 1.29 is 27.8 Å². The van der Waals surface area contributed by atoms with Gasteiger partial charge in [0.15, 0.2) is 0 Å². The molecule has 0 bridgehead atoms. The number of furan rings is 2. The third-order valence-electron chi connectivity index (χ3n) is 10.7. The van der Waals surface area contributed by atoms with Gasteiger partial charge in [0.1, 0.15) is 47.0 Å². The molecule has 8 aromatic carbocycles. The van der Waals surface area contributed by atoms with Crippen LogP contribution in [0.5, 0.6) is 11.5 Å². The maximum Gasteiger partial charge on any atom is 0.143 e. The van der Waals surface area contributed by atoms with Crippen LogP contribution in [0.15, 0.2) is 154 Å². The van der Waals surface area contributed by atoms with Crippen molar-refractivity contribution in [1.82, 2.24) is 0 Å². The Bertz CT molecular complexity index is 2870. The lowest BCUT2D eigenvalue weighted by atomic mass is 9.89. The van der Waals surface area contributed by atoms with E-state index in [2.05, 4.69) is 121 Å². The molecule has 10 aromatic rings. The summed E-state index contributed by atoms with van der Waals surface area (Å²) in [4.78, 5) is 0. The Morgan fingerprint density at radius 1 is 0.393 bits per heavy atom. The van der Waals surface area contributed by atoms with Gasteiger partial charge in [0.05, 0.1) is 13.2 Å². The molecule has 0 aliphatic heterocycles. The number of methoxy groups -OCH3 is 2. The van der Waals surface area contributed by atoms with Crippen molar-refractivity contribution in [3.05, 3.63) is 146 Å². The summed E-state index contributed by atoms with van der Waals surface area (Å²) in [5.74, 6) is 1.50. The number of hydrogen-bond donors (Lipinski definition) is 0. The minimum Gasteiger partial charge on any atom is -0.491 e.